The Labute approximate surface area is 112 Å². The third-order valence-corrected chi connectivity index (χ3v) is 3.02. The van der Waals surface area contributed by atoms with Gasteiger partial charge in [-0.3, -0.25) is 0 Å². The summed E-state index contributed by atoms with van der Waals surface area (Å²) in [4.78, 5) is 0. The molecule has 0 saturated heterocycles. The highest BCUT2D eigenvalue weighted by molar-refractivity contribution is 5.14. The van der Waals surface area contributed by atoms with Crippen molar-refractivity contribution in [2.75, 3.05) is 19.8 Å². The van der Waals surface area contributed by atoms with Gasteiger partial charge in [0.2, 0.25) is 0 Å². The van der Waals surface area contributed by atoms with E-state index in [0.29, 0.717) is 6.04 Å². The SMILES string of the molecule is CCCOCCCNC(C)CCc1ccccc1. The van der Waals surface area contributed by atoms with E-state index in [4.69, 9.17) is 4.74 Å². The lowest BCUT2D eigenvalue weighted by Gasteiger charge is -2.13. The summed E-state index contributed by atoms with van der Waals surface area (Å²) in [5, 5.41) is 3.55. The van der Waals surface area contributed by atoms with Gasteiger partial charge in [0.25, 0.3) is 0 Å². The predicted molar refractivity (Wildman–Crippen MR) is 78.0 cm³/mol. The van der Waals surface area contributed by atoms with Gasteiger partial charge in [-0.05, 0) is 44.7 Å². The van der Waals surface area contributed by atoms with Gasteiger partial charge >= 0.3 is 0 Å². The van der Waals surface area contributed by atoms with Gasteiger partial charge in [-0.25, -0.2) is 0 Å². The topological polar surface area (TPSA) is 21.3 Å². The average Bonchev–Trinajstić information content (AvgIpc) is 2.41. The first-order valence-electron chi connectivity index (χ1n) is 7.18. The first-order valence-corrected chi connectivity index (χ1v) is 7.18. The molecular weight excluding hydrogens is 222 g/mol. The number of benzene rings is 1. The first-order chi connectivity index (χ1) is 8.83. The normalized spacial score (nSPS) is 12.6. The minimum Gasteiger partial charge on any atom is -0.381 e. The molecule has 0 saturated carbocycles. The van der Waals surface area contributed by atoms with E-state index in [1.807, 2.05) is 0 Å². The standard InChI is InChI=1S/C16H27NO/c1-3-13-18-14-7-12-17-15(2)10-11-16-8-5-4-6-9-16/h4-6,8-9,15,17H,3,7,10-14H2,1-2H3. The molecule has 0 fully saturated rings. The Bertz CT molecular complexity index is 286. The Kier molecular flexibility index (Phi) is 8.53. The molecule has 0 amide bonds. The van der Waals surface area contributed by atoms with E-state index in [9.17, 15) is 0 Å². The molecule has 2 heteroatoms. The highest BCUT2D eigenvalue weighted by Gasteiger charge is 2.01. The van der Waals surface area contributed by atoms with Crippen molar-refractivity contribution in [1.29, 1.82) is 0 Å². The van der Waals surface area contributed by atoms with E-state index >= 15 is 0 Å². The molecule has 0 aliphatic heterocycles. The Morgan fingerprint density at radius 2 is 1.94 bits per heavy atom. The van der Waals surface area contributed by atoms with Crippen molar-refractivity contribution in [1.82, 2.24) is 5.32 Å². The van der Waals surface area contributed by atoms with Crippen LogP contribution in [0.3, 0.4) is 0 Å². The van der Waals surface area contributed by atoms with Crippen LogP contribution in [0.5, 0.6) is 0 Å². The van der Waals surface area contributed by atoms with Gasteiger partial charge in [0.1, 0.15) is 0 Å². The minimum absolute atomic E-state index is 0.580. The molecule has 1 atom stereocenters. The lowest BCUT2D eigenvalue weighted by atomic mass is 10.1. The fourth-order valence-electron chi connectivity index (χ4n) is 1.90. The molecule has 1 aromatic carbocycles. The molecule has 0 spiro atoms. The van der Waals surface area contributed by atoms with Crippen LogP contribution in [0, 0.1) is 0 Å². The highest BCUT2D eigenvalue weighted by Crippen LogP contribution is 2.04. The second kappa shape index (κ2) is 10.1. The molecule has 0 aromatic heterocycles. The number of ether oxygens (including phenoxy) is 1. The van der Waals surface area contributed by atoms with E-state index in [-0.39, 0.29) is 0 Å². The molecule has 0 aliphatic rings. The third-order valence-electron chi connectivity index (χ3n) is 3.02. The summed E-state index contributed by atoms with van der Waals surface area (Å²) in [7, 11) is 0. The van der Waals surface area contributed by atoms with Crippen molar-refractivity contribution in [3.8, 4) is 0 Å². The number of hydrogen-bond donors (Lipinski definition) is 1. The van der Waals surface area contributed by atoms with Gasteiger partial charge in [-0.15, -0.1) is 0 Å². The fourth-order valence-corrected chi connectivity index (χ4v) is 1.90. The molecule has 0 bridgehead atoms. The maximum absolute atomic E-state index is 5.45. The van der Waals surface area contributed by atoms with Crippen molar-refractivity contribution >= 4 is 0 Å². The zero-order valence-electron chi connectivity index (χ0n) is 11.8. The maximum Gasteiger partial charge on any atom is 0.0478 e. The molecule has 18 heavy (non-hydrogen) atoms. The Morgan fingerprint density at radius 1 is 1.17 bits per heavy atom. The van der Waals surface area contributed by atoms with Crippen molar-refractivity contribution < 1.29 is 4.74 Å². The summed E-state index contributed by atoms with van der Waals surface area (Å²) < 4.78 is 5.45. The van der Waals surface area contributed by atoms with Gasteiger partial charge in [-0.2, -0.15) is 0 Å². The summed E-state index contributed by atoms with van der Waals surface area (Å²) in [5.41, 5.74) is 1.43. The zero-order chi connectivity index (χ0) is 13.1. The van der Waals surface area contributed by atoms with Crippen molar-refractivity contribution in [3.63, 3.8) is 0 Å². The molecule has 1 unspecified atom stereocenters. The second-order valence-corrected chi connectivity index (χ2v) is 4.85. The van der Waals surface area contributed by atoms with Crippen LogP contribution in [0.2, 0.25) is 0 Å². The second-order valence-electron chi connectivity index (χ2n) is 4.85. The third kappa shape index (κ3) is 7.46. The molecule has 1 rings (SSSR count). The summed E-state index contributed by atoms with van der Waals surface area (Å²) in [6.07, 6.45) is 4.57. The first kappa shape index (κ1) is 15.2. The van der Waals surface area contributed by atoms with Crippen LogP contribution >= 0.6 is 0 Å². The van der Waals surface area contributed by atoms with Crippen LogP contribution in [-0.4, -0.2) is 25.8 Å². The maximum atomic E-state index is 5.45. The number of aryl methyl sites for hydroxylation is 1. The largest absolute Gasteiger partial charge is 0.381 e. The lowest BCUT2D eigenvalue weighted by Crippen LogP contribution is -2.28. The molecule has 1 aromatic rings. The summed E-state index contributed by atoms with van der Waals surface area (Å²) in [6, 6.07) is 11.3. The Morgan fingerprint density at radius 3 is 2.67 bits per heavy atom. The molecule has 102 valence electrons. The summed E-state index contributed by atoms with van der Waals surface area (Å²) in [5.74, 6) is 0. The van der Waals surface area contributed by atoms with Crippen LogP contribution < -0.4 is 5.32 Å². The van der Waals surface area contributed by atoms with E-state index in [1.165, 1.54) is 12.0 Å². The molecule has 2 nitrogen and oxygen atoms in total. The van der Waals surface area contributed by atoms with E-state index in [2.05, 4.69) is 49.5 Å². The smallest absolute Gasteiger partial charge is 0.0478 e. The van der Waals surface area contributed by atoms with Crippen molar-refractivity contribution in [2.24, 2.45) is 0 Å². The highest BCUT2D eigenvalue weighted by atomic mass is 16.5. The monoisotopic (exact) mass is 249 g/mol. The summed E-state index contributed by atoms with van der Waals surface area (Å²) >= 11 is 0. The van der Waals surface area contributed by atoms with E-state index in [1.54, 1.807) is 0 Å². The van der Waals surface area contributed by atoms with Gasteiger partial charge in [-0.1, -0.05) is 37.3 Å². The van der Waals surface area contributed by atoms with Gasteiger partial charge < -0.3 is 10.1 Å². The molecule has 0 aliphatic carbocycles. The van der Waals surface area contributed by atoms with Gasteiger partial charge in [0.15, 0.2) is 0 Å². The Hall–Kier alpha value is -0.860. The molecule has 1 N–H and O–H groups in total. The van der Waals surface area contributed by atoms with Gasteiger partial charge in [0, 0.05) is 19.3 Å². The molecular formula is C16H27NO. The van der Waals surface area contributed by atoms with Crippen LogP contribution in [-0.2, 0) is 11.2 Å². The van der Waals surface area contributed by atoms with Crippen LogP contribution in [0.1, 0.15) is 38.7 Å². The predicted octanol–water partition coefficient (Wildman–Crippen LogP) is 3.41. The minimum atomic E-state index is 0.580. The number of nitrogens with one attached hydrogen (secondary N) is 1. The lowest BCUT2D eigenvalue weighted by molar-refractivity contribution is 0.131. The quantitative estimate of drug-likeness (QED) is 0.642. The fraction of sp³-hybridized carbons (Fsp3) is 0.625. The van der Waals surface area contributed by atoms with Gasteiger partial charge in [0.05, 0.1) is 0 Å². The van der Waals surface area contributed by atoms with Crippen LogP contribution in [0.4, 0.5) is 0 Å². The van der Waals surface area contributed by atoms with Crippen LogP contribution in [0.25, 0.3) is 0 Å². The Balaban J connectivity index is 1.99. The number of hydrogen-bond acceptors (Lipinski definition) is 2. The summed E-state index contributed by atoms with van der Waals surface area (Å²) in [6.45, 7) is 7.23. The van der Waals surface area contributed by atoms with E-state index < -0.39 is 0 Å². The van der Waals surface area contributed by atoms with Crippen molar-refractivity contribution in [2.45, 2.75) is 45.6 Å². The number of rotatable bonds is 10. The zero-order valence-corrected chi connectivity index (χ0v) is 11.8. The average molecular weight is 249 g/mol. The molecule has 0 radical (unpaired) electrons. The molecule has 0 heterocycles. The van der Waals surface area contributed by atoms with Crippen molar-refractivity contribution in [3.05, 3.63) is 35.9 Å². The van der Waals surface area contributed by atoms with Crippen LogP contribution in [0.15, 0.2) is 30.3 Å². The van der Waals surface area contributed by atoms with E-state index in [0.717, 1.165) is 39.0 Å².